The summed E-state index contributed by atoms with van der Waals surface area (Å²) in [7, 11) is -3.06. The van der Waals surface area contributed by atoms with Crippen LogP contribution in [0.2, 0.25) is 0 Å². The topological polar surface area (TPSA) is 37.4 Å². The van der Waals surface area contributed by atoms with Crippen molar-refractivity contribution in [3.63, 3.8) is 0 Å². The van der Waals surface area contributed by atoms with Crippen LogP contribution in [0.15, 0.2) is 0 Å². The molecule has 0 rings (SSSR count). The Morgan fingerprint density at radius 3 is 2.17 bits per heavy atom. The molecule has 0 amide bonds. The lowest BCUT2D eigenvalue weighted by atomic mass is 10.4. The molecule has 0 spiro atoms. The summed E-state index contributed by atoms with van der Waals surface area (Å²) < 4.78 is 23.8. The minimum atomic E-state index is -3.06. The Balaban J connectivity index is 4.26. The van der Waals surface area contributed by atoms with Gasteiger partial charge in [-0.25, -0.2) is 8.42 Å². The number of alkyl halides is 1. The van der Waals surface area contributed by atoms with Crippen molar-refractivity contribution in [3.8, 4) is 0 Å². The van der Waals surface area contributed by atoms with E-state index in [0.29, 0.717) is 18.8 Å². The Hall–Kier alpha value is 0.200. The van der Waals surface area contributed by atoms with Crippen LogP contribution in [-0.4, -0.2) is 37.4 Å². The number of nitrogens with zero attached hydrogens (tertiary/aromatic N) is 1. The van der Waals surface area contributed by atoms with Gasteiger partial charge in [0.2, 0.25) is 10.0 Å². The Labute approximate surface area is 79.8 Å². The van der Waals surface area contributed by atoms with Gasteiger partial charge >= 0.3 is 0 Å². The first-order valence-electron chi connectivity index (χ1n) is 3.92. The Morgan fingerprint density at radius 2 is 1.92 bits per heavy atom. The zero-order chi connectivity index (χ0) is 9.78. The molecule has 0 aromatic carbocycles. The third-order valence-corrected chi connectivity index (χ3v) is 3.24. The summed E-state index contributed by atoms with van der Waals surface area (Å²) in [5.41, 5.74) is 0. The van der Waals surface area contributed by atoms with Gasteiger partial charge in [0.25, 0.3) is 0 Å². The SMILES string of the molecule is CC(C)N(CCCCl)S(C)(=O)=O. The summed E-state index contributed by atoms with van der Waals surface area (Å²) in [4.78, 5) is 0. The van der Waals surface area contributed by atoms with Crippen molar-refractivity contribution < 1.29 is 8.42 Å². The zero-order valence-corrected chi connectivity index (χ0v) is 9.32. The van der Waals surface area contributed by atoms with Crippen LogP contribution >= 0.6 is 11.6 Å². The smallest absolute Gasteiger partial charge is 0.211 e. The number of hydrogen-bond acceptors (Lipinski definition) is 2. The highest BCUT2D eigenvalue weighted by Gasteiger charge is 2.18. The fourth-order valence-corrected chi connectivity index (χ4v) is 2.37. The van der Waals surface area contributed by atoms with Gasteiger partial charge in [0, 0.05) is 18.5 Å². The van der Waals surface area contributed by atoms with Gasteiger partial charge in [0.15, 0.2) is 0 Å². The van der Waals surface area contributed by atoms with Gasteiger partial charge in [-0.05, 0) is 20.3 Å². The van der Waals surface area contributed by atoms with Crippen molar-refractivity contribution in [2.24, 2.45) is 0 Å². The molecule has 5 heteroatoms. The molecule has 74 valence electrons. The van der Waals surface area contributed by atoms with E-state index in [-0.39, 0.29) is 6.04 Å². The molecular weight excluding hydrogens is 198 g/mol. The molecule has 0 aromatic heterocycles. The minimum absolute atomic E-state index is 0.0169. The lowest BCUT2D eigenvalue weighted by Gasteiger charge is -2.23. The largest absolute Gasteiger partial charge is 0.212 e. The molecular formula is C7H16ClNO2S. The zero-order valence-electron chi connectivity index (χ0n) is 7.75. The molecule has 0 saturated heterocycles. The van der Waals surface area contributed by atoms with E-state index in [0.717, 1.165) is 0 Å². The molecule has 12 heavy (non-hydrogen) atoms. The standard InChI is InChI=1S/C7H16ClNO2S/c1-7(2)9(6-4-5-8)12(3,10)11/h7H,4-6H2,1-3H3. The molecule has 0 aliphatic carbocycles. The second-order valence-corrected chi connectivity index (χ2v) is 5.32. The van der Waals surface area contributed by atoms with Crippen molar-refractivity contribution in [2.75, 3.05) is 18.7 Å². The Morgan fingerprint density at radius 1 is 1.42 bits per heavy atom. The monoisotopic (exact) mass is 213 g/mol. The molecule has 0 atom stereocenters. The fraction of sp³-hybridized carbons (Fsp3) is 1.00. The first-order valence-corrected chi connectivity index (χ1v) is 6.30. The van der Waals surface area contributed by atoms with Crippen molar-refractivity contribution in [2.45, 2.75) is 26.3 Å². The lowest BCUT2D eigenvalue weighted by Crippen LogP contribution is -2.36. The molecule has 0 heterocycles. The van der Waals surface area contributed by atoms with Crippen LogP contribution in [0.3, 0.4) is 0 Å². The average Bonchev–Trinajstić information content (AvgIpc) is 1.84. The molecule has 0 aliphatic rings. The predicted octanol–water partition coefficient (Wildman–Crippen LogP) is 1.29. The summed E-state index contributed by atoms with van der Waals surface area (Å²) in [6.07, 6.45) is 1.92. The van der Waals surface area contributed by atoms with Crippen LogP contribution in [0.4, 0.5) is 0 Å². The second-order valence-electron chi connectivity index (χ2n) is 3.01. The van der Waals surface area contributed by atoms with E-state index in [1.807, 2.05) is 13.8 Å². The van der Waals surface area contributed by atoms with Gasteiger partial charge in [0.1, 0.15) is 0 Å². The summed E-state index contributed by atoms with van der Waals surface area (Å²) >= 11 is 5.48. The predicted molar refractivity (Wildman–Crippen MR) is 52.0 cm³/mol. The first kappa shape index (κ1) is 12.2. The van der Waals surface area contributed by atoms with Gasteiger partial charge in [-0.15, -0.1) is 11.6 Å². The van der Waals surface area contributed by atoms with Crippen LogP contribution in [0, 0.1) is 0 Å². The van der Waals surface area contributed by atoms with E-state index >= 15 is 0 Å². The molecule has 0 saturated carbocycles. The molecule has 0 N–H and O–H groups in total. The molecule has 0 aromatic rings. The summed E-state index contributed by atoms with van der Waals surface area (Å²) in [6.45, 7) is 4.23. The molecule has 0 aliphatic heterocycles. The van der Waals surface area contributed by atoms with Gasteiger partial charge in [-0.1, -0.05) is 0 Å². The Bertz CT molecular complexity index is 213. The lowest BCUT2D eigenvalue weighted by molar-refractivity contribution is 0.357. The number of sulfonamides is 1. The van der Waals surface area contributed by atoms with Crippen molar-refractivity contribution in [3.05, 3.63) is 0 Å². The molecule has 0 unspecified atom stereocenters. The van der Waals surface area contributed by atoms with Crippen LogP contribution in [0.1, 0.15) is 20.3 Å². The van der Waals surface area contributed by atoms with Gasteiger partial charge in [-0.2, -0.15) is 4.31 Å². The van der Waals surface area contributed by atoms with Crippen LogP contribution in [-0.2, 0) is 10.0 Å². The third kappa shape index (κ3) is 4.28. The number of rotatable bonds is 5. The van der Waals surface area contributed by atoms with E-state index in [1.54, 1.807) is 0 Å². The highest BCUT2D eigenvalue weighted by molar-refractivity contribution is 7.88. The maximum Gasteiger partial charge on any atom is 0.211 e. The summed E-state index contributed by atoms with van der Waals surface area (Å²) in [6, 6.07) is 0.0169. The third-order valence-electron chi connectivity index (χ3n) is 1.51. The number of hydrogen-bond donors (Lipinski definition) is 0. The van der Waals surface area contributed by atoms with Crippen LogP contribution in [0.25, 0.3) is 0 Å². The molecule has 3 nitrogen and oxygen atoms in total. The highest BCUT2D eigenvalue weighted by Crippen LogP contribution is 2.05. The summed E-state index contributed by atoms with van der Waals surface area (Å²) in [5.74, 6) is 0.499. The van der Waals surface area contributed by atoms with Crippen LogP contribution in [0.5, 0.6) is 0 Å². The van der Waals surface area contributed by atoms with E-state index < -0.39 is 10.0 Å². The van der Waals surface area contributed by atoms with Gasteiger partial charge in [0.05, 0.1) is 6.26 Å². The van der Waals surface area contributed by atoms with E-state index in [2.05, 4.69) is 0 Å². The maximum absolute atomic E-state index is 11.2. The van der Waals surface area contributed by atoms with E-state index in [1.165, 1.54) is 10.6 Å². The fourth-order valence-electron chi connectivity index (χ4n) is 1.02. The quantitative estimate of drug-likeness (QED) is 0.646. The van der Waals surface area contributed by atoms with Gasteiger partial charge < -0.3 is 0 Å². The maximum atomic E-state index is 11.2. The first-order chi connectivity index (χ1) is 5.39. The summed E-state index contributed by atoms with van der Waals surface area (Å²) in [5, 5.41) is 0. The second kappa shape index (κ2) is 5.04. The van der Waals surface area contributed by atoms with Crippen molar-refractivity contribution >= 4 is 21.6 Å². The average molecular weight is 214 g/mol. The highest BCUT2D eigenvalue weighted by atomic mass is 35.5. The van der Waals surface area contributed by atoms with E-state index in [4.69, 9.17) is 11.6 Å². The van der Waals surface area contributed by atoms with Crippen molar-refractivity contribution in [1.29, 1.82) is 0 Å². The molecule has 0 fully saturated rings. The Kier molecular flexibility index (Phi) is 5.13. The number of halogens is 1. The van der Waals surface area contributed by atoms with E-state index in [9.17, 15) is 8.42 Å². The minimum Gasteiger partial charge on any atom is -0.212 e. The normalized spacial score (nSPS) is 12.8. The molecule has 0 radical (unpaired) electrons. The van der Waals surface area contributed by atoms with Gasteiger partial charge in [-0.3, -0.25) is 0 Å². The van der Waals surface area contributed by atoms with Crippen molar-refractivity contribution in [1.82, 2.24) is 4.31 Å². The molecule has 0 bridgehead atoms. The van der Waals surface area contributed by atoms with Crippen LogP contribution < -0.4 is 0 Å².